The maximum atomic E-state index is 12.4. The van der Waals surface area contributed by atoms with Gasteiger partial charge in [-0.3, -0.25) is 9.59 Å². The Labute approximate surface area is 148 Å². The van der Waals surface area contributed by atoms with Crippen molar-refractivity contribution in [1.29, 1.82) is 0 Å². The zero-order chi connectivity index (χ0) is 17.6. The zero-order valence-electron chi connectivity index (χ0n) is 14.6. The quantitative estimate of drug-likeness (QED) is 0.825. The van der Waals surface area contributed by atoms with Crippen molar-refractivity contribution in [2.75, 3.05) is 20.1 Å². The minimum atomic E-state index is 0.0194. The van der Waals surface area contributed by atoms with Crippen LogP contribution in [-0.2, 0) is 4.79 Å². The number of rotatable bonds is 6. The fraction of sp³-hybridized carbons (Fsp3) is 0.333. The summed E-state index contributed by atoms with van der Waals surface area (Å²) in [5, 5.41) is 3.26. The average molecular weight is 336 g/mol. The smallest absolute Gasteiger partial charge is 0.223 e. The van der Waals surface area contributed by atoms with E-state index < -0.39 is 0 Å². The van der Waals surface area contributed by atoms with E-state index in [2.05, 4.69) is 5.32 Å². The van der Waals surface area contributed by atoms with Crippen molar-refractivity contribution in [2.24, 2.45) is 0 Å². The van der Waals surface area contributed by atoms with E-state index >= 15 is 0 Å². The number of benzene rings is 2. The van der Waals surface area contributed by atoms with Gasteiger partial charge in [0, 0.05) is 38.0 Å². The van der Waals surface area contributed by atoms with Crippen molar-refractivity contribution in [2.45, 2.75) is 25.3 Å². The minimum Gasteiger partial charge on any atom is -0.341 e. The van der Waals surface area contributed by atoms with Gasteiger partial charge in [-0.15, -0.1) is 0 Å². The van der Waals surface area contributed by atoms with Gasteiger partial charge in [-0.25, -0.2) is 0 Å². The lowest BCUT2D eigenvalue weighted by atomic mass is 10.0. The molecule has 0 radical (unpaired) electrons. The van der Waals surface area contributed by atoms with E-state index in [9.17, 15) is 9.59 Å². The summed E-state index contributed by atoms with van der Waals surface area (Å²) in [6.07, 6.45) is 1.51. The molecule has 1 N–H and O–H groups in total. The molecule has 1 amide bonds. The van der Waals surface area contributed by atoms with Crippen LogP contribution in [0.3, 0.4) is 0 Å². The molecule has 0 aromatic heterocycles. The van der Waals surface area contributed by atoms with Crippen molar-refractivity contribution < 1.29 is 9.59 Å². The van der Waals surface area contributed by atoms with Gasteiger partial charge in [0.1, 0.15) is 0 Å². The first-order valence-corrected chi connectivity index (χ1v) is 8.80. The fourth-order valence-electron chi connectivity index (χ4n) is 3.19. The second kappa shape index (κ2) is 8.08. The van der Waals surface area contributed by atoms with E-state index in [1.54, 1.807) is 4.90 Å². The number of carbonyl (C=O) groups is 2. The normalized spacial score (nSPS) is 16.6. The van der Waals surface area contributed by atoms with E-state index in [4.69, 9.17) is 0 Å². The zero-order valence-corrected chi connectivity index (χ0v) is 14.6. The van der Waals surface area contributed by atoms with Gasteiger partial charge in [0.25, 0.3) is 0 Å². The Kier molecular flexibility index (Phi) is 5.61. The Bertz CT molecular complexity index is 719. The summed E-state index contributed by atoms with van der Waals surface area (Å²) < 4.78 is 0. The van der Waals surface area contributed by atoms with Gasteiger partial charge in [-0.2, -0.15) is 0 Å². The van der Waals surface area contributed by atoms with Crippen LogP contribution in [0.5, 0.6) is 0 Å². The summed E-state index contributed by atoms with van der Waals surface area (Å²) in [5.74, 6) is 0.0638. The maximum absolute atomic E-state index is 12.4. The van der Waals surface area contributed by atoms with Crippen LogP contribution in [0.15, 0.2) is 54.6 Å². The Morgan fingerprint density at radius 3 is 2.32 bits per heavy atom. The van der Waals surface area contributed by atoms with Crippen molar-refractivity contribution >= 4 is 11.7 Å². The monoisotopic (exact) mass is 336 g/mol. The molecule has 0 bridgehead atoms. The van der Waals surface area contributed by atoms with E-state index in [1.165, 1.54) is 0 Å². The van der Waals surface area contributed by atoms with Gasteiger partial charge in [-0.1, -0.05) is 54.6 Å². The van der Waals surface area contributed by atoms with Gasteiger partial charge < -0.3 is 10.2 Å². The molecule has 0 spiro atoms. The molecule has 1 aliphatic rings. The number of hydrogen-bond acceptors (Lipinski definition) is 3. The first-order valence-electron chi connectivity index (χ1n) is 8.80. The van der Waals surface area contributed by atoms with Crippen LogP contribution in [0.1, 0.15) is 29.6 Å². The van der Waals surface area contributed by atoms with Crippen LogP contribution >= 0.6 is 0 Å². The molecule has 1 saturated heterocycles. The highest BCUT2D eigenvalue weighted by Crippen LogP contribution is 2.20. The predicted molar refractivity (Wildman–Crippen MR) is 99.5 cm³/mol. The number of hydrogen-bond donors (Lipinski definition) is 1. The first-order chi connectivity index (χ1) is 12.1. The summed E-state index contributed by atoms with van der Waals surface area (Å²) in [7, 11) is 1.83. The number of carbonyl (C=O) groups excluding carboxylic acids is 2. The van der Waals surface area contributed by atoms with Gasteiger partial charge in [0.15, 0.2) is 5.78 Å². The van der Waals surface area contributed by atoms with Gasteiger partial charge >= 0.3 is 0 Å². The molecule has 1 fully saturated rings. The van der Waals surface area contributed by atoms with Crippen LogP contribution in [-0.4, -0.2) is 42.8 Å². The van der Waals surface area contributed by atoms with Crippen LogP contribution < -0.4 is 5.32 Å². The fourth-order valence-corrected chi connectivity index (χ4v) is 3.19. The molecular weight excluding hydrogens is 312 g/mol. The predicted octanol–water partition coefficient (Wildman–Crippen LogP) is 3.14. The highest BCUT2D eigenvalue weighted by atomic mass is 16.2. The summed E-state index contributed by atoms with van der Waals surface area (Å²) in [5.41, 5.74) is 2.88. The molecule has 1 aliphatic heterocycles. The van der Waals surface area contributed by atoms with Crippen LogP contribution in [0.4, 0.5) is 0 Å². The molecule has 4 nitrogen and oxygen atoms in total. The van der Waals surface area contributed by atoms with Crippen molar-refractivity contribution in [3.63, 3.8) is 0 Å². The number of likely N-dealkylation sites (N-methyl/N-ethyl adjacent to an activating group) is 1. The minimum absolute atomic E-state index is 0.0194. The van der Waals surface area contributed by atoms with Crippen molar-refractivity contribution in [1.82, 2.24) is 10.2 Å². The van der Waals surface area contributed by atoms with Crippen molar-refractivity contribution in [3.05, 3.63) is 60.2 Å². The Hall–Kier alpha value is -2.46. The molecule has 0 aliphatic carbocycles. The van der Waals surface area contributed by atoms with Gasteiger partial charge in [0.2, 0.25) is 5.91 Å². The maximum Gasteiger partial charge on any atom is 0.223 e. The lowest BCUT2D eigenvalue weighted by Crippen LogP contribution is -2.38. The highest BCUT2D eigenvalue weighted by molar-refractivity contribution is 5.98. The largest absolute Gasteiger partial charge is 0.341 e. The Morgan fingerprint density at radius 1 is 1.00 bits per heavy atom. The number of amides is 1. The Balaban J connectivity index is 1.55. The lowest BCUT2D eigenvalue weighted by Gasteiger charge is -2.23. The number of nitrogens with one attached hydrogen (secondary N) is 1. The van der Waals surface area contributed by atoms with E-state index in [0.29, 0.717) is 5.56 Å². The Morgan fingerprint density at radius 2 is 1.68 bits per heavy atom. The molecule has 1 heterocycles. The first kappa shape index (κ1) is 17.4. The van der Waals surface area contributed by atoms with Crippen LogP contribution in [0.2, 0.25) is 0 Å². The summed E-state index contributed by atoms with van der Waals surface area (Å²) in [4.78, 5) is 26.4. The van der Waals surface area contributed by atoms with Crippen LogP contribution in [0, 0.1) is 0 Å². The van der Waals surface area contributed by atoms with Crippen molar-refractivity contribution in [3.8, 4) is 11.1 Å². The molecule has 1 atom stereocenters. The van der Waals surface area contributed by atoms with E-state index in [-0.39, 0.29) is 30.6 Å². The molecular formula is C21H24N2O2. The van der Waals surface area contributed by atoms with E-state index in [1.807, 2.05) is 61.6 Å². The third-order valence-electron chi connectivity index (χ3n) is 4.86. The summed E-state index contributed by atoms with van der Waals surface area (Å²) >= 11 is 0. The van der Waals surface area contributed by atoms with Gasteiger partial charge in [-0.05, 0) is 24.1 Å². The number of nitrogens with zero attached hydrogens (tertiary/aromatic N) is 1. The molecule has 0 saturated carbocycles. The lowest BCUT2D eigenvalue weighted by molar-refractivity contribution is -0.131. The second-order valence-corrected chi connectivity index (χ2v) is 6.52. The molecule has 2 aromatic carbocycles. The van der Waals surface area contributed by atoms with Crippen LogP contribution in [0.25, 0.3) is 11.1 Å². The molecule has 4 heteroatoms. The highest BCUT2D eigenvalue weighted by Gasteiger charge is 2.23. The number of Topliss-reactive ketones (excluding diaryl/α,β-unsaturated/α-hetero) is 1. The molecule has 130 valence electrons. The SMILES string of the molecule is CN(C(=O)CCC(=O)c1ccc(-c2ccccc2)cc1)C1CCNC1. The second-order valence-electron chi connectivity index (χ2n) is 6.52. The average Bonchev–Trinajstić information content (AvgIpc) is 3.21. The third kappa shape index (κ3) is 4.34. The molecule has 1 unspecified atom stereocenters. The molecule has 25 heavy (non-hydrogen) atoms. The molecule has 3 rings (SSSR count). The number of ketones is 1. The third-order valence-corrected chi connectivity index (χ3v) is 4.86. The standard InChI is InChI=1S/C21H24N2O2/c1-23(19-13-14-22-15-19)21(25)12-11-20(24)18-9-7-17(8-10-18)16-5-3-2-4-6-16/h2-10,19,22H,11-15H2,1H3. The van der Waals surface area contributed by atoms with E-state index in [0.717, 1.165) is 30.6 Å². The topological polar surface area (TPSA) is 49.4 Å². The molecule has 2 aromatic rings. The van der Waals surface area contributed by atoms with Gasteiger partial charge in [0.05, 0.1) is 0 Å². The summed E-state index contributed by atoms with van der Waals surface area (Å²) in [6, 6.07) is 17.9. The summed E-state index contributed by atoms with van der Waals surface area (Å²) in [6.45, 7) is 1.80.